The Bertz CT molecular complexity index is 425. The SMILES string of the molecule is CC(=O)Nc1ccc(NC2CCNCC2)cc1C. The Kier molecular flexibility index (Phi) is 4.20. The van der Waals surface area contributed by atoms with Crippen molar-refractivity contribution in [2.24, 2.45) is 0 Å². The van der Waals surface area contributed by atoms with Crippen LogP contribution >= 0.6 is 0 Å². The van der Waals surface area contributed by atoms with E-state index in [0.717, 1.165) is 42.9 Å². The van der Waals surface area contributed by atoms with Gasteiger partial charge in [0, 0.05) is 24.3 Å². The molecule has 1 saturated heterocycles. The summed E-state index contributed by atoms with van der Waals surface area (Å²) in [5.74, 6) is -0.0304. The van der Waals surface area contributed by atoms with E-state index in [1.165, 1.54) is 6.92 Å². The molecule has 4 nitrogen and oxygen atoms in total. The first-order valence-electron chi connectivity index (χ1n) is 6.50. The monoisotopic (exact) mass is 247 g/mol. The molecule has 2 rings (SSSR count). The molecule has 0 spiro atoms. The molecule has 1 aromatic rings. The molecular formula is C14H21N3O. The Morgan fingerprint density at radius 2 is 2.06 bits per heavy atom. The lowest BCUT2D eigenvalue weighted by molar-refractivity contribution is -0.114. The van der Waals surface area contributed by atoms with Crippen LogP contribution in [0.2, 0.25) is 0 Å². The lowest BCUT2D eigenvalue weighted by Crippen LogP contribution is -2.35. The quantitative estimate of drug-likeness (QED) is 0.767. The fourth-order valence-corrected chi connectivity index (χ4v) is 2.29. The van der Waals surface area contributed by atoms with Crippen LogP contribution in [0.15, 0.2) is 18.2 Å². The number of aryl methyl sites for hydroxylation is 1. The number of piperidine rings is 1. The predicted molar refractivity (Wildman–Crippen MR) is 75.0 cm³/mol. The van der Waals surface area contributed by atoms with E-state index in [4.69, 9.17) is 0 Å². The smallest absolute Gasteiger partial charge is 0.221 e. The van der Waals surface area contributed by atoms with E-state index in [2.05, 4.69) is 22.0 Å². The highest BCUT2D eigenvalue weighted by molar-refractivity contribution is 5.89. The molecule has 0 bridgehead atoms. The summed E-state index contributed by atoms with van der Waals surface area (Å²) in [7, 11) is 0. The molecular weight excluding hydrogens is 226 g/mol. The Balaban J connectivity index is 2.01. The fourth-order valence-electron chi connectivity index (χ4n) is 2.29. The minimum Gasteiger partial charge on any atom is -0.382 e. The zero-order valence-electron chi connectivity index (χ0n) is 11.0. The van der Waals surface area contributed by atoms with E-state index in [0.29, 0.717) is 6.04 Å². The molecule has 0 atom stereocenters. The summed E-state index contributed by atoms with van der Waals surface area (Å²) < 4.78 is 0. The van der Waals surface area contributed by atoms with Crippen LogP contribution < -0.4 is 16.0 Å². The summed E-state index contributed by atoms with van der Waals surface area (Å²) in [5, 5.41) is 9.73. The van der Waals surface area contributed by atoms with Crippen LogP contribution in [-0.2, 0) is 4.79 Å². The van der Waals surface area contributed by atoms with Crippen molar-refractivity contribution >= 4 is 17.3 Å². The van der Waals surface area contributed by atoms with Crippen LogP contribution in [-0.4, -0.2) is 25.0 Å². The molecule has 0 unspecified atom stereocenters. The molecule has 1 heterocycles. The molecule has 1 amide bonds. The Morgan fingerprint density at radius 1 is 1.33 bits per heavy atom. The average Bonchev–Trinajstić information content (AvgIpc) is 2.33. The van der Waals surface area contributed by atoms with Gasteiger partial charge < -0.3 is 16.0 Å². The second-order valence-corrected chi connectivity index (χ2v) is 4.88. The van der Waals surface area contributed by atoms with Gasteiger partial charge in [0.05, 0.1) is 0 Å². The lowest BCUT2D eigenvalue weighted by atomic mass is 10.1. The maximum Gasteiger partial charge on any atom is 0.221 e. The molecule has 1 aliphatic heterocycles. The minimum atomic E-state index is -0.0304. The molecule has 0 aromatic heterocycles. The minimum absolute atomic E-state index is 0.0304. The van der Waals surface area contributed by atoms with Crippen molar-refractivity contribution in [3.63, 3.8) is 0 Å². The van der Waals surface area contributed by atoms with Gasteiger partial charge in [0.15, 0.2) is 0 Å². The summed E-state index contributed by atoms with van der Waals surface area (Å²) in [6.45, 7) is 5.71. The van der Waals surface area contributed by atoms with Crippen molar-refractivity contribution < 1.29 is 4.79 Å². The van der Waals surface area contributed by atoms with Gasteiger partial charge in [0.25, 0.3) is 0 Å². The van der Waals surface area contributed by atoms with Gasteiger partial charge in [-0.3, -0.25) is 4.79 Å². The number of carbonyl (C=O) groups excluding carboxylic acids is 1. The number of amides is 1. The van der Waals surface area contributed by atoms with Gasteiger partial charge in [-0.25, -0.2) is 0 Å². The first-order chi connectivity index (χ1) is 8.65. The normalized spacial score (nSPS) is 16.3. The summed E-state index contributed by atoms with van der Waals surface area (Å²) in [5.41, 5.74) is 3.11. The second-order valence-electron chi connectivity index (χ2n) is 4.88. The summed E-state index contributed by atoms with van der Waals surface area (Å²) in [6.07, 6.45) is 2.32. The van der Waals surface area contributed by atoms with Gasteiger partial charge in [0.1, 0.15) is 0 Å². The predicted octanol–water partition coefficient (Wildman–Crippen LogP) is 2.12. The summed E-state index contributed by atoms with van der Waals surface area (Å²) >= 11 is 0. The molecule has 0 radical (unpaired) electrons. The molecule has 3 N–H and O–H groups in total. The van der Waals surface area contributed by atoms with Gasteiger partial charge in [-0.1, -0.05) is 0 Å². The van der Waals surface area contributed by atoms with Crippen LogP contribution in [0.5, 0.6) is 0 Å². The first kappa shape index (κ1) is 12.9. The van der Waals surface area contributed by atoms with Crippen molar-refractivity contribution in [1.29, 1.82) is 0 Å². The first-order valence-corrected chi connectivity index (χ1v) is 6.50. The number of anilines is 2. The molecule has 18 heavy (non-hydrogen) atoms. The third-order valence-electron chi connectivity index (χ3n) is 3.25. The van der Waals surface area contributed by atoms with Crippen molar-refractivity contribution in [3.8, 4) is 0 Å². The molecule has 98 valence electrons. The summed E-state index contributed by atoms with van der Waals surface area (Å²) in [4.78, 5) is 11.0. The molecule has 1 aromatic carbocycles. The van der Waals surface area contributed by atoms with E-state index in [9.17, 15) is 4.79 Å². The number of carbonyl (C=O) groups is 1. The van der Waals surface area contributed by atoms with Gasteiger partial charge in [0.2, 0.25) is 5.91 Å². The highest BCUT2D eigenvalue weighted by atomic mass is 16.1. The van der Waals surface area contributed by atoms with Crippen molar-refractivity contribution in [2.75, 3.05) is 23.7 Å². The number of benzene rings is 1. The second kappa shape index (κ2) is 5.87. The van der Waals surface area contributed by atoms with Gasteiger partial charge in [-0.2, -0.15) is 0 Å². The van der Waals surface area contributed by atoms with E-state index in [1.807, 2.05) is 19.1 Å². The Hall–Kier alpha value is -1.55. The van der Waals surface area contributed by atoms with Gasteiger partial charge in [-0.05, 0) is 56.6 Å². The molecule has 1 fully saturated rings. The van der Waals surface area contributed by atoms with Crippen LogP contribution in [0.25, 0.3) is 0 Å². The number of hydrogen-bond donors (Lipinski definition) is 3. The van der Waals surface area contributed by atoms with E-state index in [1.54, 1.807) is 0 Å². The molecule has 0 saturated carbocycles. The topological polar surface area (TPSA) is 53.2 Å². The molecule has 0 aliphatic carbocycles. The third-order valence-corrected chi connectivity index (χ3v) is 3.25. The van der Waals surface area contributed by atoms with Crippen LogP contribution in [0.1, 0.15) is 25.3 Å². The summed E-state index contributed by atoms with van der Waals surface area (Å²) in [6, 6.07) is 6.63. The van der Waals surface area contributed by atoms with Gasteiger partial charge >= 0.3 is 0 Å². The average molecular weight is 247 g/mol. The third kappa shape index (κ3) is 3.47. The maximum absolute atomic E-state index is 11.0. The maximum atomic E-state index is 11.0. The highest BCUT2D eigenvalue weighted by Crippen LogP contribution is 2.21. The zero-order valence-corrected chi connectivity index (χ0v) is 11.0. The van der Waals surface area contributed by atoms with E-state index < -0.39 is 0 Å². The number of hydrogen-bond acceptors (Lipinski definition) is 3. The van der Waals surface area contributed by atoms with Crippen LogP contribution in [0, 0.1) is 6.92 Å². The number of rotatable bonds is 3. The van der Waals surface area contributed by atoms with Crippen molar-refractivity contribution in [3.05, 3.63) is 23.8 Å². The molecule has 1 aliphatic rings. The Labute approximate surface area is 108 Å². The van der Waals surface area contributed by atoms with E-state index in [-0.39, 0.29) is 5.91 Å². The number of nitrogens with one attached hydrogen (secondary N) is 3. The van der Waals surface area contributed by atoms with Gasteiger partial charge in [-0.15, -0.1) is 0 Å². The zero-order chi connectivity index (χ0) is 13.0. The van der Waals surface area contributed by atoms with Crippen LogP contribution in [0.4, 0.5) is 11.4 Å². The molecule has 4 heteroatoms. The largest absolute Gasteiger partial charge is 0.382 e. The standard InChI is InChI=1S/C14H21N3O/c1-10-9-13(3-4-14(10)16-11(2)18)17-12-5-7-15-8-6-12/h3-4,9,12,15,17H,5-8H2,1-2H3,(H,16,18). The van der Waals surface area contributed by atoms with Crippen molar-refractivity contribution in [2.45, 2.75) is 32.7 Å². The lowest BCUT2D eigenvalue weighted by Gasteiger charge is -2.25. The highest BCUT2D eigenvalue weighted by Gasteiger charge is 2.12. The Morgan fingerprint density at radius 3 is 2.67 bits per heavy atom. The fraction of sp³-hybridized carbons (Fsp3) is 0.500. The van der Waals surface area contributed by atoms with Crippen molar-refractivity contribution in [1.82, 2.24) is 5.32 Å². The van der Waals surface area contributed by atoms with Crippen LogP contribution in [0.3, 0.4) is 0 Å². The van der Waals surface area contributed by atoms with E-state index >= 15 is 0 Å².